The van der Waals surface area contributed by atoms with Gasteiger partial charge in [0.1, 0.15) is 36.0 Å². The van der Waals surface area contributed by atoms with E-state index in [1.807, 2.05) is 40.2 Å². The minimum absolute atomic E-state index is 0.0577. The zero-order valence-electron chi connectivity index (χ0n) is 41.5. The second kappa shape index (κ2) is 24.1. The number of hydrogen-bond donors (Lipinski definition) is 3. The minimum Gasteiger partial charge on any atom is -0.493 e. The van der Waals surface area contributed by atoms with E-state index in [1.54, 1.807) is 6.08 Å². The highest BCUT2D eigenvalue weighted by molar-refractivity contribution is 7.85. The monoisotopic (exact) mass is 1030 g/mol. The largest absolute Gasteiger partial charge is 0.737 e. The Bertz CT molecular complexity index is 2740. The number of halogens is 2. The van der Waals surface area contributed by atoms with Crippen molar-refractivity contribution < 1.29 is 73.7 Å². The highest BCUT2D eigenvalue weighted by Crippen LogP contribution is 2.41. The van der Waals surface area contributed by atoms with Crippen LogP contribution < -0.4 is 24.8 Å². The normalized spacial score (nSPS) is 14.8. The molecule has 392 valence electrons. The summed E-state index contributed by atoms with van der Waals surface area (Å²) in [6.45, 7) is 0.994. The van der Waals surface area contributed by atoms with Gasteiger partial charge in [0.05, 0.1) is 62.8 Å². The summed E-state index contributed by atoms with van der Waals surface area (Å²) in [6, 6.07) is 6.76. The van der Waals surface area contributed by atoms with E-state index in [2.05, 4.69) is 17.6 Å². The number of allylic oxidation sites excluding steroid dienone is 2. The third-order valence-corrected chi connectivity index (χ3v) is 12.8. The van der Waals surface area contributed by atoms with Crippen molar-refractivity contribution in [1.29, 1.82) is 0 Å². The van der Waals surface area contributed by atoms with Crippen LogP contribution in [-0.2, 0) is 37.3 Å². The number of benzene rings is 2. The molecular formula is C47H63BF2N7O14S+. The van der Waals surface area contributed by atoms with Gasteiger partial charge in [-0.1, -0.05) is 26.7 Å². The number of nitro groups is 2. The number of carbonyl (C=O) groups is 3. The molecule has 0 fully saturated rings. The van der Waals surface area contributed by atoms with Crippen LogP contribution in [0.5, 0.6) is 17.2 Å². The van der Waals surface area contributed by atoms with Crippen molar-refractivity contribution in [3.8, 4) is 17.2 Å². The van der Waals surface area contributed by atoms with Crippen LogP contribution in [0.15, 0.2) is 59.8 Å². The number of aromatic nitrogens is 1. The molecule has 0 radical (unpaired) electrons. The first kappa shape index (κ1) is 56.2. The van der Waals surface area contributed by atoms with Crippen LogP contribution in [0.25, 0.3) is 6.08 Å². The molecule has 2 aliphatic rings. The van der Waals surface area contributed by atoms with Crippen molar-refractivity contribution in [2.75, 3.05) is 53.7 Å². The fraction of sp³-hybridized carbons (Fsp3) is 0.489. The van der Waals surface area contributed by atoms with E-state index in [0.29, 0.717) is 52.8 Å². The molecule has 1 aromatic heterocycles. The van der Waals surface area contributed by atoms with Gasteiger partial charge in [-0.3, -0.25) is 34.4 Å². The average molecular weight is 1030 g/mol. The number of carbonyl (C=O) groups excluding carboxylic acids is 3. The Kier molecular flexibility index (Phi) is 18.8. The molecule has 0 bridgehead atoms. The van der Waals surface area contributed by atoms with Gasteiger partial charge in [-0.05, 0) is 74.6 Å². The van der Waals surface area contributed by atoms with Gasteiger partial charge in [-0.25, -0.2) is 4.79 Å². The summed E-state index contributed by atoms with van der Waals surface area (Å²) in [5.41, 5.74) is 2.23. The lowest BCUT2D eigenvalue weighted by atomic mass is 9.88. The smallest absolute Gasteiger partial charge is 0.493 e. The minimum atomic E-state index is -4.86. The van der Waals surface area contributed by atoms with Crippen LogP contribution in [0.1, 0.15) is 101 Å². The molecule has 2 unspecified atom stereocenters. The molecule has 5 rings (SSSR count). The number of rotatable bonds is 27. The average Bonchev–Trinajstić information content (AvgIpc) is 3.85. The molecule has 0 spiro atoms. The lowest BCUT2D eigenvalue weighted by Crippen LogP contribution is -2.52. The zero-order valence-corrected chi connectivity index (χ0v) is 42.3. The van der Waals surface area contributed by atoms with Crippen molar-refractivity contribution in [3.63, 3.8) is 0 Å². The summed E-state index contributed by atoms with van der Waals surface area (Å²) in [4.78, 5) is 60.9. The quantitative estimate of drug-likeness (QED) is 0.0101. The Labute approximate surface area is 416 Å². The van der Waals surface area contributed by atoms with E-state index in [9.17, 15) is 47.6 Å². The van der Waals surface area contributed by atoms with Crippen LogP contribution in [-0.4, -0.2) is 127 Å². The molecule has 3 N–H and O–H groups in total. The highest BCUT2D eigenvalue weighted by Gasteiger charge is 2.54. The molecular weight excluding hydrogens is 967 g/mol. The van der Waals surface area contributed by atoms with Crippen LogP contribution in [0.4, 0.5) is 24.8 Å². The Morgan fingerprint density at radius 3 is 2.22 bits per heavy atom. The summed E-state index contributed by atoms with van der Waals surface area (Å²) in [5, 5.41) is 27.7. The molecule has 2 aromatic carbocycles. The molecule has 2 amide bonds. The highest BCUT2D eigenvalue weighted by atomic mass is 32.2. The van der Waals surface area contributed by atoms with Gasteiger partial charge < -0.3 is 51.7 Å². The van der Waals surface area contributed by atoms with Crippen molar-refractivity contribution in [1.82, 2.24) is 15.1 Å². The number of fused-ring (bicyclic) bond motifs is 2. The van der Waals surface area contributed by atoms with Gasteiger partial charge in [0.15, 0.2) is 17.2 Å². The van der Waals surface area contributed by atoms with Crippen LogP contribution in [0.2, 0.25) is 0 Å². The van der Waals surface area contributed by atoms with Gasteiger partial charge in [0, 0.05) is 54.8 Å². The first-order chi connectivity index (χ1) is 33.9. The first-order valence-corrected chi connectivity index (χ1v) is 25.3. The summed E-state index contributed by atoms with van der Waals surface area (Å²) in [6.07, 6.45) is 5.95. The van der Waals surface area contributed by atoms with Gasteiger partial charge in [0.2, 0.25) is 11.8 Å². The summed E-state index contributed by atoms with van der Waals surface area (Å²) in [5.74, 6) is -3.45. The number of nitrogens with zero attached hydrogens (tertiary/aromatic N) is 5. The topological polar surface area (TPSA) is 261 Å². The maximum Gasteiger partial charge on any atom is 0.737 e. The Balaban J connectivity index is 1.27. The number of nitrogens with one attached hydrogen (secondary N) is 2. The van der Waals surface area contributed by atoms with Crippen molar-refractivity contribution >= 4 is 58.2 Å². The van der Waals surface area contributed by atoms with E-state index in [4.69, 9.17) is 18.9 Å². The molecule has 21 nitrogen and oxygen atoms in total. The number of amides is 2. The number of quaternary nitrogens is 1. The SMILES string of the molecule is CCCCC1=CC(CCC(=O)NC(CS(=O)(=O)O)C(=O)NCCOc2cc([N+](=O)[O-])c(C(C)OC(=O)Oc3ccc([N+](=O)[O-])cc3)cc2OC)=[N+]2C1=Cc1c(CCCC)cc(CCC[N+](C)(C)C)n1[B-]2(F)F. The third kappa shape index (κ3) is 14.7. The zero-order chi connectivity index (χ0) is 53.1. The molecule has 3 aromatic rings. The number of unbranched alkanes of at least 4 members (excludes halogenated alkanes) is 2. The predicted molar refractivity (Wildman–Crippen MR) is 263 cm³/mol. The van der Waals surface area contributed by atoms with Crippen molar-refractivity contribution in [3.05, 3.63) is 103 Å². The van der Waals surface area contributed by atoms with Crippen molar-refractivity contribution in [2.45, 2.75) is 97.1 Å². The number of aryl methyl sites for hydroxylation is 2. The summed E-state index contributed by atoms with van der Waals surface area (Å²) in [7, 11) is 2.51. The first-order valence-electron chi connectivity index (χ1n) is 23.6. The van der Waals surface area contributed by atoms with Crippen molar-refractivity contribution in [2.24, 2.45) is 0 Å². The Morgan fingerprint density at radius 1 is 0.931 bits per heavy atom. The van der Waals surface area contributed by atoms with Crippen LogP contribution in [0.3, 0.4) is 0 Å². The van der Waals surface area contributed by atoms with E-state index in [1.165, 1.54) is 24.6 Å². The van der Waals surface area contributed by atoms with E-state index in [-0.39, 0.29) is 53.8 Å². The van der Waals surface area contributed by atoms with Crippen LogP contribution >= 0.6 is 0 Å². The second-order valence-electron chi connectivity index (χ2n) is 18.6. The maximum atomic E-state index is 17.2. The second-order valence-corrected chi connectivity index (χ2v) is 20.1. The fourth-order valence-corrected chi connectivity index (χ4v) is 9.17. The summed E-state index contributed by atoms with van der Waals surface area (Å²) >= 11 is 0. The number of non-ortho nitro benzene ring substituents is 1. The molecule has 0 saturated heterocycles. The predicted octanol–water partition coefficient (Wildman–Crippen LogP) is 7.08. The lowest BCUT2D eigenvalue weighted by molar-refractivity contribution is -0.870. The van der Waals surface area contributed by atoms with Gasteiger partial charge >= 0.3 is 13.1 Å². The number of nitro benzene ring substituents is 2. The standard InChI is InChI=1S/C47H62BF2N7O14S/c1-8-10-13-32-25-35(15-12-23-57(4,5)6)53-40(32)28-41-33(14-11-9-2)26-36(54(41)48(53,49)50)18-21-45(58)52-39(30-72(65,66)67)46(59)51-22-24-69-44-29-42(56(63)64)38(27-43(44)68-7)31(3)70-47(60)71-37-19-16-34(17-20-37)55(61)62/h16-17,19-20,25-29,31,39H,8-15,18,21-24,30H2,1-7H3,(H2-,51,52,58,59,65,66,67)/p+1. The summed E-state index contributed by atoms with van der Waals surface area (Å²) < 4.78 is 92.4. The molecule has 72 heavy (non-hydrogen) atoms. The molecule has 0 saturated carbocycles. The molecule has 25 heteroatoms. The van der Waals surface area contributed by atoms with Gasteiger partial charge in [0.25, 0.3) is 21.5 Å². The van der Waals surface area contributed by atoms with E-state index in [0.717, 1.165) is 72.6 Å². The fourth-order valence-electron chi connectivity index (χ4n) is 8.51. The molecule has 2 atom stereocenters. The Morgan fingerprint density at radius 2 is 1.61 bits per heavy atom. The molecule has 0 aliphatic carbocycles. The van der Waals surface area contributed by atoms with Gasteiger partial charge in [-0.2, -0.15) is 8.42 Å². The molecule has 2 aliphatic heterocycles. The van der Waals surface area contributed by atoms with Crippen LogP contribution in [0, 0.1) is 20.2 Å². The number of methoxy groups -OCH3 is 1. The lowest BCUT2D eigenvalue weighted by Gasteiger charge is -2.32. The number of hydrogen-bond acceptors (Lipinski definition) is 13. The number of ether oxygens (including phenoxy) is 4. The maximum absolute atomic E-state index is 17.2. The van der Waals surface area contributed by atoms with E-state index >= 15 is 8.63 Å². The van der Waals surface area contributed by atoms with E-state index < -0.39 is 74.9 Å². The molecule has 3 heterocycles. The van der Waals surface area contributed by atoms with Gasteiger partial charge in [-0.15, -0.1) is 0 Å². The third-order valence-electron chi connectivity index (χ3n) is 12.0. The Hall–Kier alpha value is -6.73.